The van der Waals surface area contributed by atoms with Crippen molar-refractivity contribution >= 4 is 44.9 Å². The molecular weight excluding hydrogens is 341 g/mol. The van der Waals surface area contributed by atoms with E-state index in [1.54, 1.807) is 0 Å². The third-order valence-corrected chi connectivity index (χ3v) is 5.57. The van der Waals surface area contributed by atoms with Gasteiger partial charge in [-0.05, 0) is 25.0 Å². The molecule has 1 fully saturated rings. The molecule has 21 heavy (non-hydrogen) atoms. The van der Waals surface area contributed by atoms with Crippen molar-refractivity contribution in [3.8, 4) is 0 Å². The molecule has 6 nitrogen and oxygen atoms in total. The number of carbonyl (C=O) groups is 1. The molecule has 0 saturated carbocycles. The lowest BCUT2D eigenvalue weighted by atomic mass is 10.2. The Morgan fingerprint density at radius 1 is 1.24 bits per heavy atom. The first-order chi connectivity index (χ1) is 9.81. The maximum absolute atomic E-state index is 12.3. The predicted octanol–water partition coefficient (Wildman–Crippen LogP) is 2.61. The zero-order chi connectivity index (χ0) is 15.6. The molecule has 0 amide bonds. The van der Waals surface area contributed by atoms with Crippen LogP contribution in [0.15, 0.2) is 12.1 Å². The van der Waals surface area contributed by atoms with E-state index in [4.69, 9.17) is 33.0 Å². The molecule has 1 aromatic rings. The van der Waals surface area contributed by atoms with Crippen molar-refractivity contribution in [1.29, 1.82) is 0 Å². The van der Waals surface area contributed by atoms with Gasteiger partial charge in [0.05, 0.1) is 26.5 Å². The highest BCUT2D eigenvalue weighted by molar-refractivity contribution is 7.93. The summed E-state index contributed by atoms with van der Waals surface area (Å²) in [5, 5.41) is 8.19. The molecule has 9 heteroatoms. The molecule has 116 valence electrons. The normalized spacial score (nSPS) is 16.7. The molecular formula is C12H13Cl2NO5S. The van der Waals surface area contributed by atoms with Gasteiger partial charge in [-0.15, -0.1) is 0 Å². The second-order valence-electron chi connectivity index (χ2n) is 4.58. The fraction of sp³-hybridized carbons (Fsp3) is 0.417. The first-order valence-electron chi connectivity index (χ1n) is 6.13. The monoisotopic (exact) mass is 353 g/mol. The molecule has 0 bridgehead atoms. The molecule has 0 unspecified atom stereocenters. The number of carboxylic acids is 1. The molecule has 0 atom stereocenters. The Hall–Kier alpha value is -1.02. The van der Waals surface area contributed by atoms with Crippen LogP contribution >= 0.6 is 23.2 Å². The molecule has 1 aliphatic heterocycles. The highest BCUT2D eigenvalue weighted by Gasteiger charge is 2.29. The summed E-state index contributed by atoms with van der Waals surface area (Å²) in [6.07, 6.45) is 0.773. The third-order valence-electron chi connectivity index (χ3n) is 3.14. The van der Waals surface area contributed by atoms with Gasteiger partial charge in [-0.1, -0.05) is 23.2 Å². The van der Waals surface area contributed by atoms with Gasteiger partial charge in [0, 0.05) is 13.2 Å². The van der Waals surface area contributed by atoms with Gasteiger partial charge in [0.1, 0.15) is 0 Å². The number of ether oxygens (including phenoxy) is 1. The lowest BCUT2D eigenvalue weighted by Gasteiger charge is -2.23. The molecule has 1 heterocycles. The average molecular weight is 354 g/mol. The number of benzene rings is 1. The number of nitrogens with one attached hydrogen (secondary N) is 1. The number of hydrogen-bond acceptors (Lipinski definition) is 4. The van der Waals surface area contributed by atoms with Crippen molar-refractivity contribution in [2.45, 2.75) is 18.1 Å². The van der Waals surface area contributed by atoms with E-state index < -0.39 is 21.2 Å². The molecule has 1 aromatic carbocycles. The fourth-order valence-electron chi connectivity index (χ4n) is 2.01. The van der Waals surface area contributed by atoms with Gasteiger partial charge in [0.25, 0.3) is 0 Å². The molecule has 1 aliphatic rings. The minimum Gasteiger partial charge on any atom is -0.478 e. The van der Waals surface area contributed by atoms with E-state index >= 15 is 0 Å². The summed E-state index contributed by atoms with van der Waals surface area (Å²) in [4.78, 5) is 10.9. The van der Waals surface area contributed by atoms with Crippen molar-refractivity contribution in [1.82, 2.24) is 0 Å². The van der Waals surface area contributed by atoms with E-state index in [2.05, 4.69) is 4.72 Å². The van der Waals surface area contributed by atoms with Crippen LogP contribution in [0.1, 0.15) is 23.2 Å². The minimum atomic E-state index is -3.66. The first-order valence-corrected chi connectivity index (χ1v) is 8.43. The van der Waals surface area contributed by atoms with Gasteiger partial charge in [0.2, 0.25) is 10.0 Å². The highest BCUT2D eigenvalue weighted by atomic mass is 35.5. The number of aromatic carboxylic acids is 1. The van der Waals surface area contributed by atoms with Crippen LogP contribution in [0.5, 0.6) is 0 Å². The summed E-state index contributed by atoms with van der Waals surface area (Å²) in [6.45, 7) is 0.760. The summed E-state index contributed by atoms with van der Waals surface area (Å²) < 4.78 is 32.0. The van der Waals surface area contributed by atoms with Crippen LogP contribution in [-0.4, -0.2) is 38.0 Å². The van der Waals surface area contributed by atoms with E-state index in [1.807, 2.05) is 0 Å². The molecule has 0 aromatic heterocycles. The Labute approximate surface area is 132 Å². The van der Waals surface area contributed by atoms with Gasteiger partial charge in [0.15, 0.2) is 0 Å². The molecule has 0 spiro atoms. The van der Waals surface area contributed by atoms with E-state index in [-0.39, 0.29) is 21.3 Å². The van der Waals surface area contributed by atoms with Gasteiger partial charge in [-0.25, -0.2) is 13.2 Å². The zero-order valence-corrected chi connectivity index (χ0v) is 13.1. The third kappa shape index (κ3) is 3.79. The standard InChI is InChI=1S/C12H13Cl2NO5S/c13-9-5-7(12(16)17)6-10(14)11(9)15-21(18,19)8-1-3-20-4-2-8/h5-6,8,15H,1-4H2,(H,16,17). The largest absolute Gasteiger partial charge is 0.478 e. The van der Waals surface area contributed by atoms with Crippen LogP contribution in [0, 0.1) is 0 Å². The molecule has 2 N–H and O–H groups in total. The van der Waals surface area contributed by atoms with Crippen molar-refractivity contribution < 1.29 is 23.1 Å². The van der Waals surface area contributed by atoms with E-state index in [0.29, 0.717) is 26.1 Å². The summed E-state index contributed by atoms with van der Waals surface area (Å²) in [5.74, 6) is -1.20. The van der Waals surface area contributed by atoms with Gasteiger partial charge in [-0.2, -0.15) is 0 Å². The summed E-state index contributed by atoms with van der Waals surface area (Å²) in [7, 11) is -3.66. The number of sulfonamides is 1. The number of hydrogen-bond donors (Lipinski definition) is 2. The van der Waals surface area contributed by atoms with Gasteiger partial charge in [-0.3, -0.25) is 4.72 Å². The Bertz CT molecular complexity index is 633. The van der Waals surface area contributed by atoms with Crippen molar-refractivity contribution in [2.75, 3.05) is 17.9 Å². The van der Waals surface area contributed by atoms with Crippen LogP contribution in [0.2, 0.25) is 10.0 Å². The Morgan fingerprint density at radius 3 is 2.24 bits per heavy atom. The number of halogens is 2. The lowest BCUT2D eigenvalue weighted by molar-refractivity contribution is 0.0697. The smallest absolute Gasteiger partial charge is 0.335 e. The Kier molecular flexibility index (Phi) is 4.98. The van der Waals surface area contributed by atoms with Gasteiger partial charge >= 0.3 is 5.97 Å². The quantitative estimate of drug-likeness (QED) is 0.867. The highest BCUT2D eigenvalue weighted by Crippen LogP contribution is 2.33. The summed E-state index contributed by atoms with van der Waals surface area (Å²) in [6, 6.07) is 2.30. The van der Waals surface area contributed by atoms with E-state index in [9.17, 15) is 13.2 Å². The van der Waals surface area contributed by atoms with Crippen LogP contribution in [0.4, 0.5) is 5.69 Å². The maximum atomic E-state index is 12.3. The molecule has 0 aliphatic carbocycles. The maximum Gasteiger partial charge on any atom is 0.335 e. The van der Waals surface area contributed by atoms with Crippen LogP contribution in [0.25, 0.3) is 0 Å². The van der Waals surface area contributed by atoms with E-state index in [1.165, 1.54) is 0 Å². The second kappa shape index (κ2) is 6.39. The molecule has 0 radical (unpaired) electrons. The van der Waals surface area contributed by atoms with Crippen LogP contribution in [-0.2, 0) is 14.8 Å². The fourth-order valence-corrected chi connectivity index (χ4v) is 4.18. The average Bonchev–Trinajstić information content (AvgIpc) is 2.43. The SMILES string of the molecule is O=C(O)c1cc(Cl)c(NS(=O)(=O)C2CCOCC2)c(Cl)c1. The number of anilines is 1. The Morgan fingerprint density at radius 2 is 1.76 bits per heavy atom. The van der Waals surface area contributed by atoms with Crippen molar-refractivity contribution in [3.63, 3.8) is 0 Å². The minimum absolute atomic E-state index is 0.00479. The topological polar surface area (TPSA) is 92.7 Å². The summed E-state index contributed by atoms with van der Waals surface area (Å²) >= 11 is 11.8. The van der Waals surface area contributed by atoms with Crippen molar-refractivity contribution in [3.05, 3.63) is 27.7 Å². The second-order valence-corrected chi connectivity index (χ2v) is 7.35. The molecule has 2 rings (SSSR count). The predicted molar refractivity (Wildman–Crippen MR) is 79.8 cm³/mol. The zero-order valence-electron chi connectivity index (χ0n) is 10.8. The summed E-state index contributed by atoms with van der Waals surface area (Å²) in [5.41, 5.74) is -0.117. The Balaban J connectivity index is 2.28. The number of rotatable bonds is 4. The van der Waals surface area contributed by atoms with Crippen molar-refractivity contribution in [2.24, 2.45) is 0 Å². The lowest BCUT2D eigenvalue weighted by Crippen LogP contribution is -2.33. The first kappa shape index (κ1) is 16.4. The van der Waals surface area contributed by atoms with Crippen LogP contribution in [0.3, 0.4) is 0 Å². The van der Waals surface area contributed by atoms with E-state index in [0.717, 1.165) is 12.1 Å². The number of carboxylic acid groups (broad SMARTS) is 1. The van der Waals surface area contributed by atoms with Crippen LogP contribution < -0.4 is 4.72 Å². The van der Waals surface area contributed by atoms with Gasteiger partial charge < -0.3 is 9.84 Å². The molecule has 1 saturated heterocycles.